The number of carbonyl (C=O) groups excluding carboxylic acids is 3. The van der Waals surface area contributed by atoms with Crippen LogP contribution in [0.25, 0.3) is 11.1 Å². The van der Waals surface area contributed by atoms with Crippen molar-refractivity contribution in [2.75, 3.05) is 26.2 Å². The zero-order valence-electron chi connectivity index (χ0n) is 30.0. The number of aromatic nitrogens is 1. The molecular formula is C38H48F2N4O7. The third-order valence-electron chi connectivity index (χ3n) is 9.36. The van der Waals surface area contributed by atoms with E-state index in [1.165, 1.54) is 23.1 Å². The van der Waals surface area contributed by atoms with Gasteiger partial charge < -0.3 is 34.2 Å². The molecule has 3 amide bonds. The van der Waals surface area contributed by atoms with Gasteiger partial charge in [-0.3, -0.25) is 9.59 Å². The second-order valence-corrected chi connectivity index (χ2v) is 14.9. The first-order valence-corrected chi connectivity index (χ1v) is 17.5. The Balaban J connectivity index is 1.18. The number of ether oxygens (including phenoxy) is 2. The fraction of sp³-hybridized carbons (Fsp3) is 0.526. The van der Waals surface area contributed by atoms with Crippen molar-refractivity contribution < 1.29 is 42.3 Å². The van der Waals surface area contributed by atoms with Gasteiger partial charge in [-0.2, -0.15) is 0 Å². The monoisotopic (exact) mass is 710 g/mol. The summed E-state index contributed by atoms with van der Waals surface area (Å²) in [6.07, 6.45) is 0.347. The molecule has 4 atom stereocenters. The maximum absolute atomic E-state index is 14.3. The summed E-state index contributed by atoms with van der Waals surface area (Å²) in [5.74, 6) is -2.41. The van der Waals surface area contributed by atoms with Crippen LogP contribution in [0.4, 0.5) is 13.6 Å². The number of hydrogen-bond donors (Lipinski definition) is 2. The van der Waals surface area contributed by atoms with Gasteiger partial charge in [-0.15, -0.1) is 0 Å². The molecule has 11 nitrogen and oxygen atoms in total. The van der Waals surface area contributed by atoms with Gasteiger partial charge in [0.2, 0.25) is 11.8 Å². The van der Waals surface area contributed by atoms with Crippen LogP contribution in [0.3, 0.4) is 0 Å². The molecule has 1 aromatic heterocycles. The Morgan fingerprint density at radius 2 is 1.69 bits per heavy atom. The summed E-state index contributed by atoms with van der Waals surface area (Å²) < 4.78 is 45.6. The lowest BCUT2D eigenvalue weighted by atomic mass is 9.91. The van der Waals surface area contributed by atoms with Crippen LogP contribution in [0.5, 0.6) is 5.88 Å². The number of likely N-dealkylation sites (tertiary alicyclic amines) is 2. The molecule has 0 bridgehead atoms. The summed E-state index contributed by atoms with van der Waals surface area (Å²) >= 11 is 0. The molecule has 0 spiro atoms. The number of nitrogens with zero attached hydrogens (tertiary/aromatic N) is 3. The van der Waals surface area contributed by atoms with Gasteiger partial charge in [0.1, 0.15) is 29.2 Å². The molecule has 2 fully saturated rings. The number of halogens is 2. The summed E-state index contributed by atoms with van der Waals surface area (Å²) in [7, 11) is 0. The zero-order valence-corrected chi connectivity index (χ0v) is 30.0. The molecule has 13 heteroatoms. The molecule has 0 aliphatic carbocycles. The van der Waals surface area contributed by atoms with Crippen molar-refractivity contribution in [2.45, 2.75) is 90.5 Å². The van der Waals surface area contributed by atoms with Gasteiger partial charge in [0, 0.05) is 32.1 Å². The zero-order chi connectivity index (χ0) is 37.0. The Kier molecular flexibility index (Phi) is 11.7. The van der Waals surface area contributed by atoms with Crippen LogP contribution in [0.1, 0.15) is 84.1 Å². The van der Waals surface area contributed by atoms with Gasteiger partial charge in [0.15, 0.2) is 5.76 Å². The van der Waals surface area contributed by atoms with Gasteiger partial charge in [-0.1, -0.05) is 44.2 Å². The Morgan fingerprint density at radius 3 is 2.29 bits per heavy atom. The Bertz CT molecular complexity index is 1660. The van der Waals surface area contributed by atoms with E-state index >= 15 is 0 Å². The molecule has 0 saturated carbocycles. The van der Waals surface area contributed by atoms with Crippen molar-refractivity contribution in [1.29, 1.82) is 0 Å². The second-order valence-electron chi connectivity index (χ2n) is 14.9. The van der Waals surface area contributed by atoms with E-state index in [0.29, 0.717) is 36.6 Å². The van der Waals surface area contributed by atoms with E-state index in [1.807, 2.05) is 34.6 Å². The lowest BCUT2D eigenvalue weighted by molar-refractivity contribution is -0.141. The van der Waals surface area contributed by atoms with E-state index in [2.05, 4.69) is 10.5 Å². The Hall–Kier alpha value is -4.52. The molecule has 2 aliphatic heterocycles. The molecule has 3 aromatic rings. The molecule has 5 rings (SSSR count). The number of carbonyl (C=O) groups is 3. The fourth-order valence-electron chi connectivity index (χ4n) is 6.62. The summed E-state index contributed by atoms with van der Waals surface area (Å²) in [5.41, 5.74) is 0.383. The molecule has 2 aliphatic rings. The largest absolute Gasteiger partial charge is 0.475 e. The average molecular weight is 711 g/mol. The third-order valence-corrected chi connectivity index (χ3v) is 9.36. The SMILES string of the molecule is CC(C)[C@H](C(=O)N1C[C@H](O)C[C@H]1C(=O)N[C@@H](C)c1ccc(-c2c(F)cccc2F)cc1)c1cc(OCC2CCN(C(=O)OC(C)(C)C)CC2)no1. The number of β-amino-alcohol motifs (C(OH)–C–C–N with tert-alkyl or cyclic N) is 1. The van der Waals surface area contributed by atoms with Crippen molar-refractivity contribution in [2.24, 2.45) is 11.8 Å². The van der Waals surface area contributed by atoms with Crippen LogP contribution < -0.4 is 10.1 Å². The highest BCUT2D eigenvalue weighted by Gasteiger charge is 2.43. The minimum absolute atomic E-state index is 0.0170. The highest BCUT2D eigenvalue weighted by molar-refractivity contribution is 5.91. The van der Waals surface area contributed by atoms with E-state index in [4.69, 9.17) is 14.0 Å². The minimum Gasteiger partial charge on any atom is -0.475 e. The third kappa shape index (κ3) is 9.24. The van der Waals surface area contributed by atoms with Crippen LogP contribution in [-0.2, 0) is 14.3 Å². The van der Waals surface area contributed by atoms with Crippen LogP contribution in [0.2, 0.25) is 0 Å². The quantitative estimate of drug-likeness (QED) is 0.253. The van der Waals surface area contributed by atoms with Crippen LogP contribution in [-0.4, -0.2) is 82.0 Å². The molecule has 2 N–H and O–H groups in total. The molecule has 2 aromatic carbocycles. The number of aliphatic hydroxyl groups excluding tert-OH is 1. The second kappa shape index (κ2) is 15.8. The maximum atomic E-state index is 14.3. The van der Waals surface area contributed by atoms with E-state index < -0.39 is 47.2 Å². The summed E-state index contributed by atoms with van der Waals surface area (Å²) in [6, 6.07) is 10.4. The summed E-state index contributed by atoms with van der Waals surface area (Å²) in [5, 5.41) is 17.5. The number of benzene rings is 2. The average Bonchev–Trinajstić information content (AvgIpc) is 3.70. The van der Waals surface area contributed by atoms with Gasteiger partial charge in [0.25, 0.3) is 5.88 Å². The first kappa shape index (κ1) is 37.7. The standard InChI is InChI=1S/C38H48F2N4O7/c1-22(2)33(31-19-32(42-51-31)49-21-24-14-16-43(17-15-24)37(48)50-38(4,5)6)36(47)44-20-27(45)18-30(44)35(46)41-23(3)25-10-12-26(13-11-25)34-28(39)8-7-9-29(34)40/h7-13,19,22-24,27,30,33,45H,14-18,20-21H2,1-6H3,(H,41,46)/t23-,27+,30-,33-/m0/s1. The van der Waals surface area contributed by atoms with Gasteiger partial charge in [0.05, 0.1) is 24.3 Å². The highest BCUT2D eigenvalue weighted by atomic mass is 19.1. The van der Waals surface area contributed by atoms with Gasteiger partial charge >= 0.3 is 6.09 Å². The number of aliphatic hydroxyl groups is 1. The van der Waals surface area contributed by atoms with Crippen molar-refractivity contribution >= 4 is 17.9 Å². The van der Waals surface area contributed by atoms with Crippen LogP contribution >= 0.6 is 0 Å². The number of amides is 3. The highest BCUT2D eigenvalue weighted by Crippen LogP contribution is 2.33. The van der Waals surface area contributed by atoms with E-state index in [-0.39, 0.29) is 48.2 Å². The van der Waals surface area contributed by atoms with Crippen LogP contribution in [0, 0.1) is 23.5 Å². The molecule has 0 radical (unpaired) electrons. The van der Waals surface area contributed by atoms with Crippen molar-refractivity contribution in [3.05, 3.63) is 71.5 Å². The minimum atomic E-state index is -0.923. The molecule has 51 heavy (non-hydrogen) atoms. The van der Waals surface area contributed by atoms with Crippen molar-refractivity contribution in [1.82, 2.24) is 20.3 Å². The van der Waals surface area contributed by atoms with E-state index in [0.717, 1.165) is 12.8 Å². The molecular weight excluding hydrogens is 662 g/mol. The number of rotatable bonds is 10. The normalized spacial score (nSPS) is 19.6. The lowest BCUT2D eigenvalue weighted by Gasteiger charge is -2.33. The van der Waals surface area contributed by atoms with Gasteiger partial charge in [-0.05, 0) is 80.8 Å². The molecule has 3 heterocycles. The van der Waals surface area contributed by atoms with Gasteiger partial charge in [-0.25, -0.2) is 13.6 Å². The van der Waals surface area contributed by atoms with Crippen LogP contribution in [0.15, 0.2) is 53.1 Å². The predicted octanol–water partition coefficient (Wildman–Crippen LogP) is 6.22. The van der Waals surface area contributed by atoms with Crippen molar-refractivity contribution in [3.63, 3.8) is 0 Å². The predicted molar refractivity (Wildman–Crippen MR) is 185 cm³/mol. The summed E-state index contributed by atoms with van der Waals surface area (Å²) in [4.78, 5) is 43.1. The maximum Gasteiger partial charge on any atom is 0.410 e. The first-order valence-electron chi connectivity index (χ1n) is 17.5. The van der Waals surface area contributed by atoms with E-state index in [1.54, 1.807) is 42.2 Å². The lowest BCUT2D eigenvalue weighted by Crippen LogP contribution is -2.48. The summed E-state index contributed by atoms with van der Waals surface area (Å²) in [6.45, 7) is 12.5. The number of nitrogens with one attached hydrogen (secondary N) is 1. The molecule has 2 saturated heterocycles. The Morgan fingerprint density at radius 1 is 1.04 bits per heavy atom. The molecule has 0 unspecified atom stereocenters. The number of piperidine rings is 1. The Labute approximate surface area is 297 Å². The van der Waals surface area contributed by atoms with E-state index in [9.17, 15) is 28.3 Å². The van der Waals surface area contributed by atoms with Crippen molar-refractivity contribution in [3.8, 4) is 17.0 Å². The molecule has 276 valence electrons. The number of hydrogen-bond acceptors (Lipinski definition) is 8. The smallest absolute Gasteiger partial charge is 0.410 e. The topological polar surface area (TPSA) is 134 Å². The first-order chi connectivity index (χ1) is 24.1. The fourth-order valence-corrected chi connectivity index (χ4v) is 6.62.